The molecule has 1 atom stereocenters. The van der Waals surface area contributed by atoms with Crippen LogP contribution in [0.25, 0.3) is 10.9 Å². The zero-order valence-corrected chi connectivity index (χ0v) is 16.3. The fraction of sp³-hybridized carbons (Fsp3) is 0.250. The zero-order chi connectivity index (χ0) is 20.3. The third kappa shape index (κ3) is 4.37. The molecule has 0 saturated heterocycles. The van der Waals surface area contributed by atoms with Crippen LogP contribution < -0.4 is 10.9 Å². The summed E-state index contributed by atoms with van der Waals surface area (Å²) in [6.07, 6.45) is 0. The van der Waals surface area contributed by atoms with Gasteiger partial charge in [0.25, 0.3) is 5.56 Å². The molecule has 146 valence electrons. The minimum atomic E-state index is -0.547. The molecule has 3 aromatic rings. The number of nitrogens with zero attached hydrogens (tertiary/aromatic N) is 2. The molecule has 0 aliphatic rings. The first-order chi connectivity index (χ1) is 13.4. The normalized spacial score (nSPS) is 12.3. The van der Waals surface area contributed by atoms with Crippen molar-refractivity contribution >= 4 is 34.1 Å². The molecule has 6 nitrogen and oxygen atoms in total. The quantitative estimate of drug-likeness (QED) is 0.660. The van der Waals surface area contributed by atoms with E-state index in [0.29, 0.717) is 35.5 Å². The van der Waals surface area contributed by atoms with E-state index in [1.807, 2.05) is 17.9 Å². The maximum atomic E-state index is 13.3. The van der Waals surface area contributed by atoms with Crippen LogP contribution in [0.5, 0.6) is 0 Å². The molecule has 1 aromatic heterocycles. The highest BCUT2D eigenvalue weighted by atomic mass is 35.5. The first-order valence-electron chi connectivity index (χ1n) is 8.87. The number of para-hydroxylation sites is 1. The molecule has 2 aromatic carbocycles. The summed E-state index contributed by atoms with van der Waals surface area (Å²) in [6.45, 7) is 4.53. The summed E-state index contributed by atoms with van der Waals surface area (Å²) in [5, 5.41) is 3.19. The Bertz CT molecular complexity index is 1070. The number of anilines is 1. The Balaban J connectivity index is 1.76. The SMILES string of the molecule is CCN(Cc1nc2ccccc2c(=O)[nH]1)C(C)C(=O)Nc1ccc(F)c(Cl)c1. The van der Waals surface area contributed by atoms with Gasteiger partial charge >= 0.3 is 0 Å². The van der Waals surface area contributed by atoms with Crippen molar-refractivity contribution in [2.45, 2.75) is 26.4 Å². The number of aromatic nitrogens is 2. The van der Waals surface area contributed by atoms with Crippen LogP contribution in [-0.4, -0.2) is 33.4 Å². The van der Waals surface area contributed by atoms with Gasteiger partial charge in [0.15, 0.2) is 0 Å². The number of hydrogen-bond donors (Lipinski definition) is 2. The summed E-state index contributed by atoms with van der Waals surface area (Å²) in [5.41, 5.74) is 0.807. The van der Waals surface area contributed by atoms with Crippen molar-refractivity contribution in [3.05, 3.63) is 69.5 Å². The van der Waals surface area contributed by atoms with Crippen molar-refractivity contribution in [3.8, 4) is 0 Å². The molecule has 0 saturated carbocycles. The van der Waals surface area contributed by atoms with Crippen LogP contribution in [0.3, 0.4) is 0 Å². The van der Waals surface area contributed by atoms with Crippen LogP contribution >= 0.6 is 11.6 Å². The monoisotopic (exact) mass is 402 g/mol. The smallest absolute Gasteiger partial charge is 0.258 e. The van der Waals surface area contributed by atoms with Gasteiger partial charge in [-0.3, -0.25) is 14.5 Å². The van der Waals surface area contributed by atoms with E-state index in [2.05, 4.69) is 15.3 Å². The molecule has 1 unspecified atom stereocenters. The highest BCUT2D eigenvalue weighted by molar-refractivity contribution is 6.31. The van der Waals surface area contributed by atoms with Crippen molar-refractivity contribution in [2.75, 3.05) is 11.9 Å². The van der Waals surface area contributed by atoms with Gasteiger partial charge in [-0.1, -0.05) is 30.7 Å². The van der Waals surface area contributed by atoms with Gasteiger partial charge in [0.1, 0.15) is 11.6 Å². The Hall–Kier alpha value is -2.77. The molecule has 28 heavy (non-hydrogen) atoms. The van der Waals surface area contributed by atoms with E-state index in [-0.39, 0.29) is 16.5 Å². The Morgan fingerprint density at radius 3 is 2.79 bits per heavy atom. The van der Waals surface area contributed by atoms with Crippen molar-refractivity contribution in [1.82, 2.24) is 14.9 Å². The number of carbonyl (C=O) groups excluding carboxylic acids is 1. The summed E-state index contributed by atoms with van der Waals surface area (Å²) in [5.74, 6) is -0.336. The van der Waals surface area contributed by atoms with Crippen LogP contribution in [0.1, 0.15) is 19.7 Å². The van der Waals surface area contributed by atoms with Crippen LogP contribution in [0.4, 0.5) is 10.1 Å². The van der Waals surface area contributed by atoms with Crippen LogP contribution in [0.15, 0.2) is 47.3 Å². The minimum Gasteiger partial charge on any atom is -0.325 e. The first-order valence-corrected chi connectivity index (χ1v) is 9.24. The fourth-order valence-electron chi connectivity index (χ4n) is 2.91. The van der Waals surface area contributed by atoms with Gasteiger partial charge in [0.05, 0.1) is 28.5 Å². The van der Waals surface area contributed by atoms with Crippen molar-refractivity contribution in [2.24, 2.45) is 0 Å². The number of amides is 1. The maximum absolute atomic E-state index is 13.3. The van der Waals surface area contributed by atoms with Gasteiger partial charge in [-0.15, -0.1) is 0 Å². The van der Waals surface area contributed by atoms with Gasteiger partial charge in [-0.25, -0.2) is 9.37 Å². The van der Waals surface area contributed by atoms with Crippen molar-refractivity contribution < 1.29 is 9.18 Å². The van der Waals surface area contributed by atoms with E-state index in [4.69, 9.17) is 11.6 Å². The lowest BCUT2D eigenvalue weighted by atomic mass is 10.2. The van der Waals surface area contributed by atoms with E-state index < -0.39 is 11.9 Å². The summed E-state index contributed by atoms with van der Waals surface area (Å²) < 4.78 is 13.3. The number of halogens is 2. The standard InChI is InChI=1S/C20H20ClFN4O2/c1-3-26(11-18-24-17-7-5-4-6-14(17)20(28)25-18)12(2)19(27)23-13-8-9-16(22)15(21)10-13/h4-10,12H,3,11H2,1-2H3,(H,23,27)(H,24,25,28). The Morgan fingerprint density at radius 1 is 1.32 bits per heavy atom. The first kappa shape index (κ1) is 20.0. The lowest BCUT2D eigenvalue weighted by molar-refractivity contribution is -0.120. The van der Waals surface area contributed by atoms with Crippen molar-refractivity contribution in [3.63, 3.8) is 0 Å². The number of carbonyl (C=O) groups is 1. The summed E-state index contributed by atoms with van der Waals surface area (Å²) in [7, 11) is 0. The molecule has 2 N–H and O–H groups in total. The second-order valence-electron chi connectivity index (χ2n) is 6.39. The molecule has 0 bridgehead atoms. The highest BCUT2D eigenvalue weighted by Gasteiger charge is 2.21. The molecule has 0 radical (unpaired) electrons. The Kier molecular flexibility index (Phi) is 6.06. The predicted octanol–water partition coefficient (Wildman–Crippen LogP) is 3.56. The predicted molar refractivity (Wildman–Crippen MR) is 108 cm³/mol. The number of hydrogen-bond acceptors (Lipinski definition) is 4. The van der Waals surface area contributed by atoms with Gasteiger partial charge in [-0.2, -0.15) is 0 Å². The van der Waals surface area contributed by atoms with Crippen molar-refractivity contribution in [1.29, 1.82) is 0 Å². The molecule has 8 heteroatoms. The van der Waals surface area contributed by atoms with Crippen LogP contribution in [0.2, 0.25) is 5.02 Å². The van der Waals surface area contributed by atoms with E-state index in [1.165, 1.54) is 18.2 Å². The minimum absolute atomic E-state index is 0.0595. The molecular weight excluding hydrogens is 383 g/mol. The molecule has 1 heterocycles. The lowest BCUT2D eigenvalue weighted by Crippen LogP contribution is -2.42. The summed E-state index contributed by atoms with van der Waals surface area (Å²) in [4.78, 5) is 34.0. The van der Waals surface area contributed by atoms with Gasteiger partial charge in [0, 0.05) is 5.69 Å². The van der Waals surface area contributed by atoms with Gasteiger partial charge < -0.3 is 10.3 Å². The molecule has 0 fully saturated rings. The number of rotatable bonds is 6. The molecule has 1 amide bonds. The van der Waals surface area contributed by atoms with E-state index in [1.54, 1.807) is 25.1 Å². The second-order valence-corrected chi connectivity index (χ2v) is 6.79. The Morgan fingerprint density at radius 2 is 2.07 bits per heavy atom. The Labute approximate surface area is 166 Å². The van der Waals surface area contributed by atoms with Crippen LogP contribution in [0, 0.1) is 5.82 Å². The third-order valence-electron chi connectivity index (χ3n) is 4.54. The summed E-state index contributed by atoms with van der Waals surface area (Å²) in [6, 6.07) is 10.6. The number of H-pyrrole nitrogens is 1. The second kappa shape index (κ2) is 8.50. The lowest BCUT2D eigenvalue weighted by Gasteiger charge is -2.26. The third-order valence-corrected chi connectivity index (χ3v) is 4.82. The largest absolute Gasteiger partial charge is 0.325 e. The van der Waals surface area contributed by atoms with Gasteiger partial charge in [0.2, 0.25) is 5.91 Å². The summed E-state index contributed by atoms with van der Waals surface area (Å²) >= 11 is 5.76. The van der Waals surface area contributed by atoms with E-state index in [9.17, 15) is 14.0 Å². The molecular formula is C20H20ClFN4O2. The number of benzene rings is 2. The van der Waals surface area contributed by atoms with Gasteiger partial charge in [-0.05, 0) is 43.8 Å². The number of nitrogens with one attached hydrogen (secondary N) is 2. The zero-order valence-electron chi connectivity index (χ0n) is 15.5. The maximum Gasteiger partial charge on any atom is 0.258 e. The average Bonchev–Trinajstić information content (AvgIpc) is 2.68. The highest BCUT2D eigenvalue weighted by Crippen LogP contribution is 2.20. The number of likely N-dealkylation sites (N-methyl/N-ethyl adjacent to an activating group) is 1. The molecule has 3 rings (SSSR count). The number of fused-ring (bicyclic) bond motifs is 1. The number of aromatic amines is 1. The molecule has 0 aliphatic carbocycles. The van der Waals surface area contributed by atoms with E-state index >= 15 is 0 Å². The molecule has 0 spiro atoms. The molecule has 0 aliphatic heterocycles. The average molecular weight is 403 g/mol. The topological polar surface area (TPSA) is 78.1 Å². The fourth-order valence-corrected chi connectivity index (χ4v) is 3.09. The van der Waals surface area contributed by atoms with E-state index in [0.717, 1.165) is 0 Å². The van der Waals surface area contributed by atoms with Crippen LogP contribution in [-0.2, 0) is 11.3 Å².